The molecule has 0 radical (unpaired) electrons. The molecule has 1 aliphatic heterocycles. The number of aromatic nitrogens is 4. The first-order chi connectivity index (χ1) is 19.2. The minimum Gasteiger partial charge on any atom is -0.492 e. The summed E-state index contributed by atoms with van der Waals surface area (Å²) in [5, 5.41) is 17.9. The number of morpholine rings is 1. The van der Waals surface area contributed by atoms with Gasteiger partial charge in [-0.15, -0.1) is 0 Å². The van der Waals surface area contributed by atoms with Gasteiger partial charge in [-0.05, 0) is 51.1 Å². The van der Waals surface area contributed by atoms with Crippen LogP contribution in [-0.4, -0.2) is 86.6 Å². The van der Waals surface area contributed by atoms with Gasteiger partial charge in [-0.2, -0.15) is 9.78 Å². The second-order valence-electron chi connectivity index (χ2n) is 10.4. The molecular formula is C28H32N6O6. The lowest BCUT2D eigenvalue weighted by atomic mass is 10.2. The third-order valence-corrected chi connectivity index (χ3v) is 6.24. The van der Waals surface area contributed by atoms with E-state index in [2.05, 4.69) is 20.3 Å². The van der Waals surface area contributed by atoms with Gasteiger partial charge in [-0.1, -0.05) is 0 Å². The number of nitrogens with zero attached hydrogens (tertiary/aromatic N) is 5. The quantitative estimate of drug-likeness (QED) is 0.336. The number of nitrogens with one attached hydrogen (secondary N) is 1. The third kappa shape index (κ3) is 6.41. The minimum absolute atomic E-state index is 0.356. The van der Waals surface area contributed by atoms with Crippen LogP contribution in [-0.2, 0) is 9.47 Å². The van der Waals surface area contributed by atoms with Gasteiger partial charge in [0.2, 0.25) is 0 Å². The number of carbonyl (C=O) groups is 2. The SMILES string of the molecule is CC(C)(C)OC(=O)n1cc(-c2cc3cnc(Nc4ccc(OCCN5CCOCC5)cc4)cc3n2C(=O)O)cn1. The standard InChI is InChI=1S/C28H32N6O6/c1-28(2,3)40-27(37)33-18-20(17-30-33)23-14-19-16-29-25(15-24(19)34(23)26(35)36)31-21-4-6-22(7-5-21)39-13-10-32-8-11-38-12-9-32/h4-7,14-18H,8-13H2,1-3H3,(H,29,31)(H,35,36). The Morgan fingerprint density at radius 2 is 1.85 bits per heavy atom. The number of hydrogen-bond donors (Lipinski definition) is 2. The van der Waals surface area contributed by atoms with Crippen molar-refractivity contribution in [2.75, 3.05) is 44.8 Å². The molecular weight excluding hydrogens is 516 g/mol. The number of carboxylic acid groups (broad SMARTS) is 1. The molecule has 0 aliphatic carbocycles. The van der Waals surface area contributed by atoms with Crippen LogP contribution in [0.5, 0.6) is 5.75 Å². The number of carbonyl (C=O) groups excluding carboxylic acids is 1. The van der Waals surface area contributed by atoms with E-state index in [-0.39, 0.29) is 0 Å². The average molecular weight is 549 g/mol. The molecule has 12 heteroatoms. The summed E-state index contributed by atoms with van der Waals surface area (Å²) in [6.07, 6.45) is 2.64. The molecule has 1 saturated heterocycles. The number of anilines is 2. The Balaban J connectivity index is 1.30. The lowest BCUT2D eigenvalue weighted by Gasteiger charge is -2.26. The van der Waals surface area contributed by atoms with Crippen molar-refractivity contribution < 1.29 is 28.9 Å². The van der Waals surface area contributed by atoms with Crippen LogP contribution in [0.15, 0.2) is 55.0 Å². The first-order valence-electron chi connectivity index (χ1n) is 13.0. The first kappa shape index (κ1) is 27.2. The van der Waals surface area contributed by atoms with E-state index in [9.17, 15) is 14.7 Å². The van der Waals surface area contributed by atoms with Crippen LogP contribution in [0, 0.1) is 0 Å². The van der Waals surface area contributed by atoms with Crippen LogP contribution in [0.1, 0.15) is 20.8 Å². The van der Waals surface area contributed by atoms with Gasteiger partial charge < -0.3 is 24.6 Å². The maximum atomic E-state index is 12.4. The minimum atomic E-state index is -1.18. The van der Waals surface area contributed by atoms with Crippen molar-refractivity contribution in [3.05, 3.63) is 55.0 Å². The Morgan fingerprint density at radius 3 is 2.55 bits per heavy atom. The van der Waals surface area contributed by atoms with Crippen LogP contribution in [0.4, 0.5) is 21.1 Å². The highest BCUT2D eigenvalue weighted by Crippen LogP contribution is 2.30. The highest BCUT2D eigenvalue weighted by molar-refractivity contribution is 5.96. The summed E-state index contributed by atoms with van der Waals surface area (Å²) in [6, 6.07) is 10.9. The summed E-state index contributed by atoms with van der Waals surface area (Å²) < 4.78 is 18.8. The summed E-state index contributed by atoms with van der Waals surface area (Å²) >= 11 is 0. The van der Waals surface area contributed by atoms with E-state index in [1.54, 1.807) is 39.1 Å². The summed E-state index contributed by atoms with van der Waals surface area (Å²) in [4.78, 5) is 31.4. The number of benzene rings is 1. The van der Waals surface area contributed by atoms with E-state index in [1.807, 2.05) is 24.3 Å². The van der Waals surface area contributed by atoms with Gasteiger partial charge in [0.15, 0.2) is 0 Å². The number of hydrogen-bond acceptors (Lipinski definition) is 9. The molecule has 210 valence electrons. The van der Waals surface area contributed by atoms with Crippen LogP contribution in [0.2, 0.25) is 0 Å². The van der Waals surface area contributed by atoms with Gasteiger partial charge in [0.25, 0.3) is 0 Å². The van der Waals surface area contributed by atoms with Gasteiger partial charge in [0, 0.05) is 54.7 Å². The second kappa shape index (κ2) is 11.4. The predicted octanol–water partition coefficient (Wildman–Crippen LogP) is 4.66. The molecule has 5 rings (SSSR count). The van der Waals surface area contributed by atoms with Gasteiger partial charge in [0.1, 0.15) is 23.8 Å². The summed E-state index contributed by atoms with van der Waals surface area (Å²) in [7, 11) is 0. The molecule has 0 atom stereocenters. The summed E-state index contributed by atoms with van der Waals surface area (Å²) in [5.74, 6) is 1.24. The lowest BCUT2D eigenvalue weighted by Crippen LogP contribution is -2.38. The fourth-order valence-electron chi connectivity index (χ4n) is 4.35. The lowest BCUT2D eigenvalue weighted by molar-refractivity contribution is 0.0322. The maximum absolute atomic E-state index is 12.4. The van der Waals surface area contributed by atoms with Crippen molar-refractivity contribution in [2.24, 2.45) is 0 Å². The van der Waals surface area contributed by atoms with Crippen molar-refractivity contribution in [3.63, 3.8) is 0 Å². The van der Waals surface area contributed by atoms with Crippen molar-refractivity contribution in [1.82, 2.24) is 24.2 Å². The van der Waals surface area contributed by atoms with Crippen molar-refractivity contribution >= 4 is 34.6 Å². The molecule has 4 aromatic rings. The van der Waals surface area contributed by atoms with E-state index >= 15 is 0 Å². The van der Waals surface area contributed by atoms with Crippen LogP contribution < -0.4 is 10.1 Å². The fraction of sp³-hybridized carbons (Fsp3) is 0.357. The van der Waals surface area contributed by atoms with Crippen LogP contribution in [0.25, 0.3) is 22.2 Å². The Bertz CT molecular complexity index is 1500. The number of rotatable bonds is 7. The summed E-state index contributed by atoms with van der Waals surface area (Å²) in [5.41, 5.74) is 1.33. The molecule has 0 amide bonds. The number of fused-ring (bicyclic) bond motifs is 1. The summed E-state index contributed by atoms with van der Waals surface area (Å²) in [6.45, 7) is 10.1. The van der Waals surface area contributed by atoms with Crippen molar-refractivity contribution in [3.8, 4) is 17.0 Å². The van der Waals surface area contributed by atoms with Crippen molar-refractivity contribution in [1.29, 1.82) is 0 Å². The zero-order valence-electron chi connectivity index (χ0n) is 22.7. The van der Waals surface area contributed by atoms with Gasteiger partial charge in [-0.25, -0.2) is 19.1 Å². The normalized spacial score (nSPS) is 14.3. The zero-order chi connectivity index (χ0) is 28.3. The van der Waals surface area contributed by atoms with E-state index in [0.717, 1.165) is 53.5 Å². The van der Waals surface area contributed by atoms with E-state index in [0.29, 0.717) is 34.6 Å². The molecule has 3 aromatic heterocycles. The monoisotopic (exact) mass is 548 g/mol. The molecule has 2 N–H and O–H groups in total. The molecule has 1 fully saturated rings. The Labute approximate surface area is 231 Å². The van der Waals surface area contributed by atoms with Gasteiger partial charge in [-0.3, -0.25) is 4.90 Å². The second-order valence-corrected chi connectivity index (χ2v) is 10.4. The highest BCUT2D eigenvalue weighted by atomic mass is 16.6. The molecule has 40 heavy (non-hydrogen) atoms. The number of pyridine rings is 1. The molecule has 0 spiro atoms. The third-order valence-electron chi connectivity index (χ3n) is 6.24. The smallest absolute Gasteiger partial charge is 0.435 e. The van der Waals surface area contributed by atoms with Gasteiger partial charge in [0.05, 0.1) is 30.6 Å². The molecule has 1 aliphatic rings. The average Bonchev–Trinajstić information content (AvgIpc) is 3.55. The molecule has 4 heterocycles. The highest BCUT2D eigenvalue weighted by Gasteiger charge is 2.22. The molecule has 0 bridgehead atoms. The van der Waals surface area contributed by atoms with Crippen molar-refractivity contribution in [2.45, 2.75) is 26.4 Å². The zero-order valence-corrected chi connectivity index (χ0v) is 22.7. The molecule has 0 saturated carbocycles. The molecule has 0 unspecified atom stereocenters. The fourth-order valence-corrected chi connectivity index (χ4v) is 4.35. The van der Waals surface area contributed by atoms with Gasteiger partial charge >= 0.3 is 12.2 Å². The predicted molar refractivity (Wildman–Crippen MR) is 148 cm³/mol. The Hall–Kier alpha value is -4.42. The first-order valence-corrected chi connectivity index (χ1v) is 13.0. The van der Waals surface area contributed by atoms with Crippen LogP contribution in [0.3, 0.4) is 0 Å². The largest absolute Gasteiger partial charge is 0.492 e. The van der Waals surface area contributed by atoms with E-state index in [1.165, 1.54) is 12.4 Å². The Kier molecular flexibility index (Phi) is 7.71. The Morgan fingerprint density at radius 1 is 1.10 bits per heavy atom. The van der Waals surface area contributed by atoms with Crippen LogP contribution >= 0.6 is 0 Å². The topological polar surface area (TPSA) is 133 Å². The van der Waals surface area contributed by atoms with E-state index in [4.69, 9.17) is 14.2 Å². The maximum Gasteiger partial charge on any atom is 0.435 e. The van der Waals surface area contributed by atoms with E-state index < -0.39 is 17.8 Å². The number of ether oxygens (including phenoxy) is 3. The molecule has 12 nitrogen and oxygen atoms in total. The molecule has 1 aromatic carbocycles.